The molecule has 1 N–H and O–H groups in total. The lowest BCUT2D eigenvalue weighted by molar-refractivity contribution is 0.153. The number of hydrogen-bond acceptors (Lipinski definition) is 4. The van der Waals surface area contributed by atoms with Crippen LogP contribution in [0.3, 0.4) is 0 Å². The molecule has 3 rings (SSSR count). The molecule has 4 heteroatoms. The Kier molecular flexibility index (Phi) is 4.43. The molecule has 1 aromatic rings. The number of rotatable bonds is 5. The maximum atomic E-state index is 4.62. The van der Waals surface area contributed by atoms with Gasteiger partial charge in [0.1, 0.15) is 0 Å². The molecule has 0 radical (unpaired) electrons. The van der Waals surface area contributed by atoms with Crippen LogP contribution in [0, 0.1) is 19.8 Å². The van der Waals surface area contributed by atoms with E-state index in [1.54, 1.807) is 0 Å². The van der Waals surface area contributed by atoms with Gasteiger partial charge in [-0.1, -0.05) is 0 Å². The number of aryl methyl sites for hydroxylation is 2. The summed E-state index contributed by atoms with van der Waals surface area (Å²) in [5.41, 5.74) is 1.25. The molecule has 2 fully saturated rings. The van der Waals surface area contributed by atoms with Gasteiger partial charge in [0.05, 0.1) is 10.7 Å². The normalized spacial score (nSPS) is 22.4. The van der Waals surface area contributed by atoms with Gasteiger partial charge in [-0.05, 0) is 65.5 Å². The number of thiazole rings is 1. The summed E-state index contributed by atoms with van der Waals surface area (Å²) in [4.78, 5) is 8.89. The number of aromatic nitrogens is 1. The Morgan fingerprint density at radius 2 is 1.95 bits per heavy atom. The van der Waals surface area contributed by atoms with Crippen molar-refractivity contribution < 1.29 is 0 Å². The molecule has 20 heavy (non-hydrogen) atoms. The molecule has 1 aliphatic carbocycles. The highest BCUT2D eigenvalue weighted by atomic mass is 32.1. The highest BCUT2D eigenvalue weighted by molar-refractivity contribution is 7.11. The van der Waals surface area contributed by atoms with Crippen molar-refractivity contribution in [2.24, 2.45) is 5.92 Å². The van der Waals surface area contributed by atoms with E-state index in [9.17, 15) is 0 Å². The lowest BCUT2D eigenvalue weighted by Gasteiger charge is -2.34. The summed E-state index contributed by atoms with van der Waals surface area (Å²) >= 11 is 1.89. The maximum absolute atomic E-state index is 4.62. The number of nitrogens with one attached hydrogen (secondary N) is 1. The predicted molar refractivity (Wildman–Crippen MR) is 85.3 cm³/mol. The van der Waals surface area contributed by atoms with Gasteiger partial charge < -0.3 is 5.32 Å². The van der Waals surface area contributed by atoms with Gasteiger partial charge in [-0.3, -0.25) is 4.90 Å². The van der Waals surface area contributed by atoms with Crippen molar-refractivity contribution in [2.45, 2.75) is 58.5 Å². The third kappa shape index (κ3) is 3.23. The molecule has 1 aromatic heterocycles. The molecule has 2 heterocycles. The van der Waals surface area contributed by atoms with Crippen molar-refractivity contribution in [3.63, 3.8) is 0 Å². The second-order valence-electron chi connectivity index (χ2n) is 6.48. The zero-order chi connectivity index (χ0) is 14.1. The highest BCUT2D eigenvalue weighted by Gasteiger charge is 2.35. The molecule has 1 saturated heterocycles. The zero-order valence-corrected chi connectivity index (χ0v) is 13.8. The number of piperidine rings is 1. The SMILES string of the molecule is Cc1nc(C)c(C(C)N(CC2CCNCC2)C2CC2)s1. The first kappa shape index (κ1) is 14.5. The van der Waals surface area contributed by atoms with Crippen molar-refractivity contribution in [2.75, 3.05) is 19.6 Å². The minimum atomic E-state index is 0.545. The third-order valence-corrected chi connectivity index (χ3v) is 6.00. The average Bonchev–Trinajstić information content (AvgIpc) is 3.22. The largest absolute Gasteiger partial charge is 0.317 e. The lowest BCUT2D eigenvalue weighted by atomic mass is 9.96. The summed E-state index contributed by atoms with van der Waals surface area (Å²) in [6, 6.07) is 1.38. The van der Waals surface area contributed by atoms with E-state index in [4.69, 9.17) is 0 Å². The van der Waals surface area contributed by atoms with Crippen LogP contribution >= 0.6 is 11.3 Å². The van der Waals surface area contributed by atoms with Crippen molar-refractivity contribution in [1.82, 2.24) is 15.2 Å². The van der Waals surface area contributed by atoms with E-state index in [-0.39, 0.29) is 0 Å². The summed E-state index contributed by atoms with van der Waals surface area (Å²) in [6.45, 7) is 10.4. The molecule has 0 spiro atoms. The molecule has 0 bridgehead atoms. The van der Waals surface area contributed by atoms with Crippen molar-refractivity contribution >= 4 is 11.3 Å². The van der Waals surface area contributed by atoms with Crippen LogP contribution in [-0.2, 0) is 0 Å². The lowest BCUT2D eigenvalue weighted by Crippen LogP contribution is -2.38. The van der Waals surface area contributed by atoms with Crippen LogP contribution < -0.4 is 5.32 Å². The fraction of sp³-hybridized carbons (Fsp3) is 0.812. The van der Waals surface area contributed by atoms with Gasteiger partial charge in [-0.25, -0.2) is 4.98 Å². The highest BCUT2D eigenvalue weighted by Crippen LogP contribution is 2.38. The third-order valence-electron chi connectivity index (χ3n) is 4.76. The number of hydrogen-bond donors (Lipinski definition) is 1. The van der Waals surface area contributed by atoms with Crippen LogP contribution in [0.1, 0.15) is 54.2 Å². The van der Waals surface area contributed by atoms with Gasteiger partial charge in [0.15, 0.2) is 0 Å². The molecule has 1 aliphatic heterocycles. The summed E-state index contributed by atoms with van der Waals surface area (Å²) < 4.78 is 0. The molecule has 0 aromatic carbocycles. The Hall–Kier alpha value is -0.450. The molecule has 1 atom stereocenters. The van der Waals surface area contributed by atoms with E-state index in [0.717, 1.165) is 12.0 Å². The van der Waals surface area contributed by atoms with Crippen LogP contribution in [-0.4, -0.2) is 35.6 Å². The van der Waals surface area contributed by atoms with Crippen LogP contribution in [0.4, 0.5) is 0 Å². The standard InChI is InChI=1S/C16H27N3S/c1-11-16(20-13(3)18-11)12(2)19(15-4-5-15)10-14-6-8-17-9-7-14/h12,14-15,17H,4-10H2,1-3H3. The second-order valence-corrected chi connectivity index (χ2v) is 7.71. The van der Waals surface area contributed by atoms with Crippen LogP contribution in [0.5, 0.6) is 0 Å². The monoisotopic (exact) mass is 293 g/mol. The fourth-order valence-electron chi connectivity index (χ4n) is 3.48. The van der Waals surface area contributed by atoms with Crippen LogP contribution in [0.15, 0.2) is 0 Å². The Morgan fingerprint density at radius 1 is 1.25 bits per heavy atom. The first-order chi connectivity index (χ1) is 9.65. The van der Waals surface area contributed by atoms with Crippen LogP contribution in [0.25, 0.3) is 0 Å². The van der Waals surface area contributed by atoms with Crippen molar-refractivity contribution in [3.8, 4) is 0 Å². The smallest absolute Gasteiger partial charge is 0.0900 e. The van der Waals surface area contributed by atoms with E-state index in [1.807, 2.05) is 11.3 Å². The fourth-order valence-corrected chi connectivity index (χ4v) is 4.48. The average molecular weight is 293 g/mol. The van der Waals surface area contributed by atoms with E-state index in [0.29, 0.717) is 6.04 Å². The summed E-state index contributed by atoms with van der Waals surface area (Å²) in [5, 5.41) is 4.69. The first-order valence-electron chi connectivity index (χ1n) is 8.05. The quantitative estimate of drug-likeness (QED) is 0.903. The second kappa shape index (κ2) is 6.12. The van der Waals surface area contributed by atoms with E-state index in [1.165, 1.54) is 60.9 Å². The van der Waals surface area contributed by atoms with Gasteiger partial charge in [0.25, 0.3) is 0 Å². The Balaban J connectivity index is 1.71. The van der Waals surface area contributed by atoms with Gasteiger partial charge in [0, 0.05) is 23.5 Å². The number of nitrogens with zero attached hydrogens (tertiary/aromatic N) is 2. The van der Waals surface area contributed by atoms with E-state index in [2.05, 4.69) is 36.0 Å². The summed E-state index contributed by atoms with van der Waals surface area (Å²) in [5.74, 6) is 0.883. The van der Waals surface area contributed by atoms with Gasteiger partial charge in [-0.15, -0.1) is 11.3 Å². The molecular formula is C16H27N3S. The van der Waals surface area contributed by atoms with E-state index >= 15 is 0 Å². The van der Waals surface area contributed by atoms with Gasteiger partial charge >= 0.3 is 0 Å². The molecule has 1 saturated carbocycles. The predicted octanol–water partition coefficient (Wildman–Crippen LogP) is 3.28. The van der Waals surface area contributed by atoms with E-state index < -0.39 is 0 Å². The van der Waals surface area contributed by atoms with Crippen molar-refractivity contribution in [1.29, 1.82) is 0 Å². The Labute approximate surface area is 126 Å². The Bertz CT molecular complexity index is 447. The molecular weight excluding hydrogens is 266 g/mol. The van der Waals surface area contributed by atoms with Crippen molar-refractivity contribution in [3.05, 3.63) is 15.6 Å². The van der Waals surface area contributed by atoms with Gasteiger partial charge in [-0.2, -0.15) is 0 Å². The van der Waals surface area contributed by atoms with Crippen LogP contribution in [0.2, 0.25) is 0 Å². The van der Waals surface area contributed by atoms with Gasteiger partial charge in [0.2, 0.25) is 0 Å². The summed E-state index contributed by atoms with van der Waals surface area (Å²) in [7, 11) is 0. The first-order valence-corrected chi connectivity index (χ1v) is 8.87. The molecule has 0 amide bonds. The molecule has 112 valence electrons. The maximum Gasteiger partial charge on any atom is 0.0900 e. The molecule has 3 nitrogen and oxygen atoms in total. The summed E-state index contributed by atoms with van der Waals surface area (Å²) in [6.07, 6.45) is 5.48. The topological polar surface area (TPSA) is 28.2 Å². The molecule has 1 unspecified atom stereocenters. The minimum absolute atomic E-state index is 0.545. The zero-order valence-electron chi connectivity index (χ0n) is 13.0. The molecule has 2 aliphatic rings. The minimum Gasteiger partial charge on any atom is -0.317 e. The Morgan fingerprint density at radius 3 is 2.50 bits per heavy atom.